The Morgan fingerprint density at radius 1 is 1.50 bits per heavy atom. The van der Waals surface area contributed by atoms with E-state index in [9.17, 15) is 4.79 Å². The van der Waals surface area contributed by atoms with Crippen molar-refractivity contribution in [2.24, 2.45) is 0 Å². The molecule has 0 amide bonds. The zero-order chi connectivity index (χ0) is 12.5. The Labute approximate surface area is 112 Å². The first-order valence-electron chi connectivity index (χ1n) is 6.05. The van der Waals surface area contributed by atoms with Gasteiger partial charge in [-0.3, -0.25) is 0 Å². The van der Waals surface area contributed by atoms with E-state index in [1.54, 1.807) is 0 Å². The maximum absolute atomic E-state index is 11.4. The van der Waals surface area contributed by atoms with Crippen molar-refractivity contribution < 1.29 is 0 Å². The molecule has 1 fully saturated rings. The molecule has 0 aromatic carbocycles. The summed E-state index contributed by atoms with van der Waals surface area (Å²) in [4.78, 5) is 18.0. The predicted octanol–water partition coefficient (Wildman–Crippen LogP) is 1.17. The number of H-pyrrole nitrogens is 1. The molecule has 2 aromatic heterocycles. The highest BCUT2D eigenvalue weighted by molar-refractivity contribution is 9.09. The van der Waals surface area contributed by atoms with Crippen molar-refractivity contribution in [3.05, 3.63) is 22.9 Å². The Balaban J connectivity index is 1.99. The summed E-state index contributed by atoms with van der Waals surface area (Å²) in [6, 6.07) is 2.33. The minimum Gasteiger partial charge on any atom is -0.353 e. The van der Waals surface area contributed by atoms with E-state index in [2.05, 4.69) is 36.0 Å². The standard InChI is InChI=1S/C11H14BrN5O/c12-6-8-3-1-2-4-16(8)9-5-10-14-15-11(18)17(10)7-13-9/h5,7-8H,1-4,6H2,(H,15,18). The maximum Gasteiger partial charge on any atom is 0.348 e. The van der Waals surface area contributed by atoms with E-state index < -0.39 is 0 Å². The van der Waals surface area contributed by atoms with Crippen LogP contribution in [0.3, 0.4) is 0 Å². The fourth-order valence-electron chi connectivity index (χ4n) is 2.42. The lowest BCUT2D eigenvalue weighted by Gasteiger charge is -2.35. The number of halogens is 1. The van der Waals surface area contributed by atoms with Crippen LogP contribution >= 0.6 is 15.9 Å². The highest BCUT2D eigenvalue weighted by atomic mass is 79.9. The number of nitrogens with one attached hydrogen (secondary N) is 1. The lowest BCUT2D eigenvalue weighted by Crippen LogP contribution is -2.41. The second-order valence-electron chi connectivity index (χ2n) is 4.50. The number of aromatic amines is 1. The lowest BCUT2D eigenvalue weighted by atomic mass is 10.0. The van der Waals surface area contributed by atoms with Crippen LogP contribution in [0.4, 0.5) is 5.82 Å². The number of hydrogen-bond donors (Lipinski definition) is 1. The number of nitrogens with zero attached hydrogens (tertiary/aromatic N) is 4. The number of rotatable bonds is 2. The van der Waals surface area contributed by atoms with Gasteiger partial charge in [-0.2, -0.15) is 5.10 Å². The highest BCUT2D eigenvalue weighted by Gasteiger charge is 2.23. The molecule has 0 aliphatic carbocycles. The molecule has 3 heterocycles. The molecule has 0 spiro atoms. The van der Waals surface area contributed by atoms with Gasteiger partial charge in [-0.1, -0.05) is 15.9 Å². The molecular formula is C11H14BrN5O. The smallest absolute Gasteiger partial charge is 0.348 e. The summed E-state index contributed by atoms with van der Waals surface area (Å²) in [5, 5.41) is 7.33. The highest BCUT2D eigenvalue weighted by Crippen LogP contribution is 2.24. The van der Waals surface area contributed by atoms with Crippen LogP contribution in [0.1, 0.15) is 19.3 Å². The summed E-state index contributed by atoms with van der Waals surface area (Å²) in [6.45, 7) is 1.01. The van der Waals surface area contributed by atoms with E-state index in [0.717, 1.165) is 17.7 Å². The zero-order valence-corrected chi connectivity index (χ0v) is 11.4. The first-order chi connectivity index (χ1) is 8.79. The fourth-order valence-corrected chi connectivity index (χ4v) is 3.09. The molecule has 1 aliphatic rings. The van der Waals surface area contributed by atoms with E-state index in [1.165, 1.54) is 30.0 Å². The van der Waals surface area contributed by atoms with Crippen molar-refractivity contribution in [2.75, 3.05) is 16.8 Å². The van der Waals surface area contributed by atoms with Gasteiger partial charge in [-0.15, -0.1) is 0 Å². The van der Waals surface area contributed by atoms with E-state index in [-0.39, 0.29) is 5.69 Å². The Hall–Kier alpha value is -1.37. The van der Waals surface area contributed by atoms with Crippen LogP contribution in [-0.4, -0.2) is 37.5 Å². The monoisotopic (exact) mass is 311 g/mol. The third kappa shape index (κ3) is 1.92. The first kappa shape index (κ1) is 11.7. The van der Waals surface area contributed by atoms with Crippen molar-refractivity contribution in [1.29, 1.82) is 0 Å². The summed E-state index contributed by atoms with van der Waals surface area (Å²) < 4.78 is 1.41. The van der Waals surface area contributed by atoms with Gasteiger partial charge in [-0.25, -0.2) is 19.3 Å². The van der Waals surface area contributed by atoms with E-state index >= 15 is 0 Å². The maximum atomic E-state index is 11.4. The molecule has 1 unspecified atom stereocenters. The Morgan fingerprint density at radius 3 is 3.22 bits per heavy atom. The number of hydrogen-bond acceptors (Lipinski definition) is 4. The summed E-state index contributed by atoms with van der Waals surface area (Å²) in [7, 11) is 0. The third-order valence-corrected chi connectivity index (χ3v) is 4.14. The van der Waals surface area contributed by atoms with Gasteiger partial charge < -0.3 is 4.90 Å². The molecule has 1 N–H and O–H groups in total. The summed E-state index contributed by atoms with van der Waals surface area (Å²) in [6.07, 6.45) is 5.16. The molecule has 2 aromatic rings. The Morgan fingerprint density at radius 2 is 2.39 bits per heavy atom. The quantitative estimate of drug-likeness (QED) is 0.846. The number of alkyl halides is 1. The molecule has 0 saturated carbocycles. The molecule has 0 bridgehead atoms. The average Bonchev–Trinajstić information content (AvgIpc) is 2.80. The van der Waals surface area contributed by atoms with Crippen LogP contribution in [0.2, 0.25) is 0 Å². The van der Waals surface area contributed by atoms with Gasteiger partial charge in [0, 0.05) is 24.0 Å². The molecule has 3 rings (SSSR count). The van der Waals surface area contributed by atoms with Gasteiger partial charge in [0.2, 0.25) is 0 Å². The van der Waals surface area contributed by atoms with Crippen molar-refractivity contribution in [2.45, 2.75) is 25.3 Å². The van der Waals surface area contributed by atoms with Crippen LogP contribution in [0.25, 0.3) is 5.65 Å². The molecule has 1 saturated heterocycles. The Kier molecular flexibility index (Phi) is 3.07. The summed E-state index contributed by atoms with van der Waals surface area (Å²) >= 11 is 3.56. The first-order valence-corrected chi connectivity index (χ1v) is 7.17. The fraction of sp³-hybridized carbons (Fsp3) is 0.545. The second-order valence-corrected chi connectivity index (χ2v) is 5.15. The van der Waals surface area contributed by atoms with Crippen molar-refractivity contribution >= 4 is 27.4 Å². The number of aromatic nitrogens is 4. The number of fused-ring (bicyclic) bond motifs is 1. The van der Waals surface area contributed by atoms with Gasteiger partial charge >= 0.3 is 5.69 Å². The summed E-state index contributed by atoms with van der Waals surface area (Å²) in [5.74, 6) is 0.894. The molecular weight excluding hydrogens is 298 g/mol. The number of piperidine rings is 1. The molecule has 96 valence electrons. The predicted molar refractivity (Wildman–Crippen MR) is 72.4 cm³/mol. The second kappa shape index (κ2) is 4.72. The van der Waals surface area contributed by atoms with Gasteiger partial charge in [-0.05, 0) is 19.3 Å². The van der Waals surface area contributed by atoms with Crippen LogP contribution in [-0.2, 0) is 0 Å². The SMILES string of the molecule is O=c1[nH]nc2cc(N3CCCCC3CBr)ncn12. The largest absolute Gasteiger partial charge is 0.353 e. The summed E-state index contributed by atoms with van der Waals surface area (Å²) in [5.41, 5.74) is 0.364. The molecule has 7 heteroatoms. The van der Waals surface area contributed by atoms with E-state index in [0.29, 0.717) is 11.7 Å². The van der Waals surface area contributed by atoms with Gasteiger partial charge in [0.1, 0.15) is 12.1 Å². The molecule has 1 atom stereocenters. The normalized spacial score (nSPS) is 20.5. The van der Waals surface area contributed by atoms with Crippen LogP contribution < -0.4 is 10.6 Å². The molecule has 18 heavy (non-hydrogen) atoms. The van der Waals surface area contributed by atoms with Gasteiger partial charge in [0.05, 0.1) is 0 Å². The van der Waals surface area contributed by atoms with Crippen LogP contribution in [0.15, 0.2) is 17.2 Å². The molecule has 0 radical (unpaired) electrons. The lowest BCUT2D eigenvalue weighted by molar-refractivity contribution is 0.487. The van der Waals surface area contributed by atoms with Gasteiger partial charge in [0.15, 0.2) is 5.65 Å². The minimum atomic E-state index is -0.250. The molecule has 1 aliphatic heterocycles. The van der Waals surface area contributed by atoms with E-state index in [1.807, 2.05) is 6.07 Å². The Bertz CT molecular complexity index is 607. The van der Waals surface area contributed by atoms with Crippen LogP contribution in [0, 0.1) is 0 Å². The average molecular weight is 312 g/mol. The van der Waals surface area contributed by atoms with Crippen LogP contribution in [0.5, 0.6) is 0 Å². The minimum absolute atomic E-state index is 0.250. The third-order valence-electron chi connectivity index (χ3n) is 3.39. The van der Waals surface area contributed by atoms with Crippen molar-refractivity contribution in [3.8, 4) is 0 Å². The van der Waals surface area contributed by atoms with E-state index in [4.69, 9.17) is 0 Å². The zero-order valence-electron chi connectivity index (χ0n) is 9.84. The van der Waals surface area contributed by atoms with Crippen molar-refractivity contribution in [3.63, 3.8) is 0 Å². The van der Waals surface area contributed by atoms with Gasteiger partial charge in [0.25, 0.3) is 0 Å². The molecule has 6 nitrogen and oxygen atoms in total. The topological polar surface area (TPSA) is 66.3 Å². The number of anilines is 1. The van der Waals surface area contributed by atoms with Crippen molar-refractivity contribution in [1.82, 2.24) is 19.6 Å².